The summed E-state index contributed by atoms with van der Waals surface area (Å²) in [7, 11) is 0. The summed E-state index contributed by atoms with van der Waals surface area (Å²) in [5.41, 5.74) is 2.80. The van der Waals surface area contributed by atoms with Gasteiger partial charge in [0.15, 0.2) is 0 Å². The van der Waals surface area contributed by atoms with Gasteiger partial charge in [-0.15, -0.1) is 0 Å². The highest BCUT2D eigenvalue weighted by molar-refractivity contribution is 5.96. The van der Waals surface area contributed by atoms with Crippen LogP contribution in [0.3, 0.4) is 0 Å². The number of fused-ring (bicyclic) bond motifs is 2. The SMILES string of the molecule is CC(C)n1nccc1C(=O)N[C@@H]1[C@H]2CC[C@H](C2)[C@@H]1C(=O)Nc1ccc(C2CCCCC2)cc1. The average Bonchev–Trinajstić information content (AvgIpc) is 3.56. The molecular formula is C27H36N4O2. The van der Waals surface area contributed by atoms with Gasteiger partial charge in [0.05, 0.1) is 5.92 Å². The Hall–Kier alpha value is -2.63. The molecule has 0 unspecified atom stereocenters. The first kappa shape index (κ1) is 22.2. The van der Waals surface area contributed by atoms with E-state index in [1.54, 1.807) is 16.9 Å². The zero-order chi connectivity index (χ0) is 22.9. The summed E-state index contributed by atoms with van der Waals surface area (Å²) in [6.45, 7) is 4.02. The minimum absolute atomic E-state index is 0.0373. The predicted octanol–water partition coefficient (Wildman–Crippen LogP) is 5.29. The minimum atomic E-state index is -0.179. The standard InChI is InChI=1S/C27H36N4O2/c1-17(2)31-23(14-15-28-31)26(32)30-25-21-9-8-20(16-21)24(25)27(33)29-22-12-10-19(11-13-22)18-6-4-3-5-7-18/h10-15,17-18,20-21,24-25H,3-9,16H2,1-2H3,(H,29,33)(H,30,32)/t20-,21+,24+,25-/m1/s1. The van der Waals surface area contributed by atoms with Gasteiger partial charge in [0.25, 0.3) is 5.91 Å². The molecule has 1 aromatic heterocycles. The summed E-state index contributed by atoms with van der Waals surface area (Å²) >= 11 is 0. The maximum Gasteiger partial charge on any atom is 0.269 e. The Morgan fingerprint density at radius 2 is 1.70 bits per heavy atom. The molecule has 0 radical (unpaired) electrons. The van der Waals surface area contributed by atoms with E-state index in [0.717, 1.165) is 24.9 Å². The van der Waals surface area contributed by atoms with E-state index < -0.39 is 0 Å². The van der Waals surface area contributed by atoms with Gasteiger partial charge < -0.3 is 10.6 Å². The van der Waals surface area contributed by atoms with Crippen LogP contribution in [0.1, 0.15) is 93.2 Å². The molecule has 33 heavy (non-hydrogen) atoms. The molecule has 176 valence electrons. The number of nitrogens with one attached hydrogen (secondary N) is 2. The molecule has 2 aromatic rings. The van der Waals surface area contributed by atoms with Gasteiger partial charge in [0.1, 0.15) is 5.69 Å². The Balaban J connectivity index is 1.26. The molecule has 6 heteroatoms. The monoisotopic (exact) mass is 448 g/mol. The van der Waals surface area contributed by atoms with Gasteiger partial charge in [-0.2, -0.15) is 5.10 Å². The summed E-state index contributed by atoms with van der Waals surface area (Å²) in [6, 6.07) is 10.2. The van der Waals surface area contributed by atoms with Gasteiger partial charge in [-0.25, -0.2) is 0 Å². The second-order valence-corrected chi connectivity index (χ2v) is 10.6. The third kappa shape index (κ3) is 4.44. The maximum absolute atomic E-state index is 13.4. The van der Waals surface area contributed by atoms with Crippen LogP contribution in [0.4, 0.5) is 5.69 Å². The molecule has 5 rings (SSSR count). The number of benzene rings is 1. The molecule has 0 spiro atoms. The van der Waals surface area contributed by atoms with Crippen LogP contribution in [0.5, 0.6) is 0 Å². The number of amides is 2. The number of anilines is 1. The summed E-state index contributed by atoms with van der Waals surface area (Å²) in [5, 5.41) is 10.7. The molecule has 0 aliphatic heterocycles. The molecule has 4 atom stereocenters. The lowest BCUT2D eigenvalue weighted by Crippen LogP contribution is -2.48. The largest absolute Gasteiger partial charge is 0.347 e. The number of carbonyl (C=O) groups excluding carboxylic acids is 2. The van der Waals surface area contributed by atoms with Gasteiger partial charge in [-0.3, -0.25) is 14.3 Å². The van der Waals surface area contributed by atoms with E-state index in [4.69, 9.17) is 0 Å². The van der Waals surface area contributed by atoms with E-state index in [-0.39, 0.29) is 29.8 Å². The van der Waals surface area contributed by atoms with Crippen LogP contribution in [0.15, 0.2) is 36.5 Å². The van der Waals surface area contributed by atoms with Gasteiger partial charge in [-0.1, -0.05) is 31.4 Å². The van der Waals surface area contributed by atoms with Crippen LogP contribution in [0.2, 0.25) is 0 Å². The molecule has 6 nitrogen and oxygen atoms in total. The fraction of sp³-hybridized carbons (Fsp3) is 0.593. The van der Waals surface area contributed by atoms with Gasteiger partial charge >= 0.3 is 0 Å². The lowest BCUT2D eigenvalue weighted by atomic mass is 9.83. The van der Waals surface area contributed by atoms with Crippen molar-refractivity contribution < 1.29 is 9.59 Å². The third-order valence-electron chi connectivity index (χ3n) is 8.16. The third-order valence-corrected chi connectivity index (χ3v) is 8.16. The Labute approximate surface area is 196 Å². The highest BCUT2D eigenvalue weighted by atomic mass is 16.2. The van der Waals surface area contributed by atoms with Crippen LogP contribution in [-0.4, -0.2) is 27.6 Å². The van der Waals surface area contributed by atoms with E-state index >= 15 is 0 Å². The second kappa shape index (κ2) is 9.32. The lowest BCUT2D eigenvalue weighted by molar-refractivity contribution is -0.122. The molecule has 3 aliphatic rings. The zero-order valence-electron chi connectivity index (χ0n) is 19.8. The summed E-state index contributed by atoms with van der Waals surface area (Å²) in [5.74, 6) is 1.10. The number of nitrogens with zero attached hydrogens (tertiary/aromatic N) is 2. The molecular weight excluding hydrogens is 412 g/mol. The van der Waals surface area contributed by atoms with Crippen molar-refractivity contribution in [1.82, 2.24) is 15.1 Å². The Kier molecular flexibility index (Phi) is 6.26. The number of carbonyl (C=O) groups is 2. The topological polar surface area (TPSA) is 76.0 Å². The highest BCUT2D eigenvalue weighted by Crippen LogP contribution is 2.49. The lowest BCUT2D eigenvalue weighted by Gasteiger charge is -2.31. The Morgan fingerprint density at radius 3 is 2.42 bits per heavy atom. The maximum atomic E-state index is 13.4. The van der Waals surface area contributed by atoms with E-state index in [1.165, 1.54) is 37.7 Å². The molecule has 2 bridgehead atoms. The Morgan fingerprint density at radius 1 is 0.970 bits per heavy atom. The van der Waals surface area contributed by atoms with Crippen LogP contribution in [0, 0.1) is 17.8 Å². The summed E-state index contributed by atoms with van der Waals surface area (Å²) < 4.78 is 1.74. The molecule has 3 fully saturated rings. The first-order valence-electron chi connectivity index (χ1n) is 12.8. The van der Waals surface area contributed by atoms with Gasteiger partial charge in [-0.05, 0) is 87.5 Å². The second-order valence-electron chi connectivity index (χ2n) is 10.6. The van der Waals surface area contributed by atoms with Crippen LogP contribution in [-0.2, 0) is 4.79 Å². The smallest absolute Gasteiger partial charge is 0.269 e. The van der Waals surface area contributed by atoms with Crippen molar-refractivity contribution in [3.8, 4) is 0 Å². The van der Waals surface area contributed by atoms with Crippen molar-refractivity contribution in [2.24, 2.45) is 17.8 Å². The first-order valence-corrected chi connectivity index (χ1v) is 12.8. The number of rotatable bonds is 6. The van der Waals surface area contributed by atoms with E-state index in [0.29, 0.717) is 23.4 Å². The molecule has 1 aromatic carbocycles. The molecule has 2 N–H and O–H groups in total. The molecule has 1 heterocycles. The van der Waals surface area contributed by atoms with Gasteiger partial charge in [0.2, 0.25) is 5.91 Å². The van der Waals surface area contributed by atoms with Crippen molar-refractivity contribution >= 4 is 17.5 Å². The van der Waals surface area contributed by atoms with Crippen LogP contribution < -0.4 is 10.6 Å². The molecule has 2 amide bonds. The van der Waals surface area contributed by atoms with Crippen LogP contribution >= 0.6 is 0 Å². The van der Waals surface area contributed by atoms with Crippen molar-refractivity contribution in [2.45, 2.75) is 83.2 Å². The van der Waals surface area contributed by atoms with Crippen LogP contribution in [0.25, 0.3) is 0 Å². The first-order chi connectivity index (χ1) is 16.0. The minimum Gasteiger partial charge on any atom is -0.347 e. The summed E-state index contributed by atoms with van der Waals surface area (Å²) in [6.07, 6.45) is 11.4. The normalized spacial score (nSPS) is 27.1. The van der Waals surface area contributed by atoms with Crippen molar-refractivity contribution in [1.29, 1.82) is 0 Å². The Bertz CT molecular complexity index is 990. The number of aromatic nitrogens is 2. The van der Waals surface area contributed by atoms with E-state index in [9.17, 15) is 9.59 Å². The average molecular weight is 449 g/mol. The van der Waals surface area contributed by atoms with E-state index in [1.807, 2.05) is 26.0 Å². The molecule has 0 saturated heterocycles. The predicted molar refractivity (Wildman–Crippen MR) is 129 cm³/mol. The fourth-order valence-electron chi connectivity index (χ4n) is 6.51. The number of hydrogen-bond donors (Lipinski definition) is 2. The van der Waals surface area contributed by atoms with Crippen molar-refractivity contribution in [2.75, 3.05) is 5.32 Å². The highest BCUT2D eigenvalue weighted by Gasteiger charge is 2.51. The van der Waals surface area contributed by atoms with Crippen molar-refractivity contribution in [3.63, 3.8) is 0 Å². The van der Waals surface area contributed by atoms with Gasteiger partial charge in [0, 0.05) is 24.0 Å². The molecule has 3 aliphatic carbocycles. The molecule has 3 saturated carbocycles. The van der Waals surface area contributed by atoms with E-state index in [2.05, 4.69) is 27.9 Å². The number of hydrogen-bond acceptors (Lipinski definition) is 3. The fourth-order valence-corrected chi connectivity index (χ4v) is 6.51. The summed E-state index contributed by atoms with van der Waals surface area (Å²) in [4.78, 5) is 26.4. The zero-order valence-corrected chi connectivity index (χ0v) is 19.8. The quantitative estimate of drug-likeness (QED) is 0.630. The van der Waals surface area contributed by atoms with Crippen molar-refractivity contribution in [3.05, 3.63) is 47.8 Å².